The van der Waals surface area contributed by atoms with Crippen LogP contribution in [0.4, 0.5) is 9.93 Å². The van der Waals surface area contributed by atoms with Gasteiger partial charge in [-0.3, -0.25) is 5.32 Å². The number of aromatic nitrogens is 2. The van der Waals surface area contributed by atoms with E-state index in [1.807, 2.05) is 16.8 Å². The average Bonchev–Trinajstić information content (AvgIpc) is 3.05. The van der Waals surface area contributed by atoms with Crippen LogP contribution in [0, 0.1) is 0 Å². The zero-order valence-corrected chi connectivity index (χ0v) is 12.9. The van der Waals surface area contributed by atoms with Crippen molar-refractivity contribution in [2.75, 3.05) is 18.9 Å². The number of rotatable bonds is 5. The first-order chi connectivity index (χ1) is 9.56. The van der Waals surface area contributed by atoms with Gasteiger partial charge in [0.15, 0.2) is 0 Å². The minimum Gasteiger partial charge on any atom is -0.393 e. The molecule has 2 aromatic rings. The second-order valence-electron chi connectivity index (χ2n) is 4.41. The third kappa shape index (κ3) is 3.99. The van der Waals surface area contributed by atoms with Crippen LogP contribution in [0.15, 0.2) is 16.8 Å². The maximum absolute atomic E-state index is 11.9. The number of hydrogen-bond acceptors (Lipinski definition) is 6. The Hall–Kier alpha value is -1.51. The Morgan fingerprint density at radius 1 is 1.55 bits per heavy atom. The van der Waals surface area contributed by atoms with Gasteiger partial charge in [-0.25, -0.2) is 4.79 Å². The lowest BCUT2D eigenvalue weighted by Gasteiger charge is -2.17. The maximum Gasteiger partial charge on any atom is 0.323 e. The molecule has 20 heavy (non-hydrogen) atoms. The molecule has 0 saturated heterocycles. The molecule has 2 N–H and O–H groups in total. The molecule has 0 aliphatic rings. The monoisotopic (exact) mass is 312 g/mol. The molecular formula is C12H16N4O2S2. The van der Waals surface area contributed by atoms with E-state index in [-0.39, 0.29) is 6.03 Å². The van der Waals surface area contributed by atoms with Crippen LogP contribution in [0.25, 0.3) is 10.6 Å². The normalized spacial score (nSPS) is 12.2. The van der Waals surface area contributed by atoms with Crippen molar-refractivity contribution in [1.29, 1.82) is 0 Å². The molecule has 2 heterocycles. The summed E-state index contributed by atoms with van der Waals surface area (Å²) in [5.74, 6) is 0. The molecule has 108 valence electrons. The topological polar surface area (TPSA) is 78.4 Å². The third-order valence-corrected chi connectivity index (χ3v) is 4.21. The van der Waals surface area contributed by atoms with Gasteiger partial charge in [-0.15, -0.1) is 10.2 Å². The van der Waals surface area contributed by atoms with Crippen molar-refractivity contribution in [3.8, 4) is 10.6 Å². The fourth-order valence-corrected chi connectivity index (χ4v) is 2.89. The quantitative estimate of drug-likeness (QED) is 0.889. The minimum atomic E-state index is -0.419. The Kier molecular flexibility index (Phi) is 5.05. The van der Waals surface area contributed by atoms with E-state index in [1.54, 1.807) is 25.3 Å². The van der Waals surface area contributed by atoms with Crippen LogP contribution in [-0.2, 0) is 0 Å². The van der Waals surface area contributed by atoms with E-state index in [9.17, 15) is 9.90 Å². The van der Waals surface area contributed by atoms with Gasteiger partial charge in [0, 0.05) is 24.5 Å². The summed E-state index contributed by atoms with van der Waals surface area (Å²) in [6.07, 6.45) is 0.122. The summed E-state index contributed by atoms with van der Waals surface area (Å²) in [6, 6.07) is 1.71. The second-order valence-corrected chi connectivity index (χ2v) is 6.17. The number of nitrogens with zero attached hydrogens (tertiary/aromatic N) is 3. The van der Waals surface area contributed by atoms with Crippen LogP contribution in [0.1, 0.15) is 13.3 Å². The van der Waals surface area contributed by atoms with Gasteiger partial charge in [-0.2, -0.15) is 11.3 Å². The number of nitrogens with one attached hydrogen (secondary N) is 1. The van der Waals surface area contributed by atoms with Crippen LogP contribution in [0.3, 0.4) is 0 Å². The summed E-state index contributed by atoms with van der Waals surface area (Å²) in [5, 5.41) is 25.1. The zero-order valence-electron chi connectivity index (χ0n) is 11.2. The molecule has 1 atom stereocenters. The van der Waals surface area contributed by atoms with Crippen molar-refractivity contribution >= 4 is 33.8 Å². The third-order valence-electron chi connectivity index (χ3n) is 2.64. The lowest BCUT2D eigenvalue weighted by Crippen LogP contribution is -2.33. The Morgan fingerprint density at radius 3 is 3.00 bits per heavy atom. The number of thiophene rings is 1. The van der Waals surface area contributed by atoms with Crippen molar-refractivity contribution in [2.24, 2.45) is 0 Å². The van der Waals surface area contributed by atoms with Gasteiger partial charge >= 0.3 is 6.03 Å². The van der Waals surface area contributed by atoms with E-state index < -0.39 is 6.10 Å². The largest absolute Gasteiger partial charge is 0.393 e. The van der Waals surface area contributed by atoms with Crippen molar-refractivity contribution < 1.29 is 9.90 Å². The number of anilines is 1. The van der Waals surface area contributed by atoms with Gasteiger partial charge in [0.1, 0.15) is 5.01 Å². The van der Waals surface area contributed by atoms with E-state index in [4.69, 9.17) is 0 Å². The fourth-order valence-electron chi connectivity index (χ4n) is 1.45. The SMILES string of the molecule is CC(O)CCN(C)C(=O)Nc1nnc(-c2ccsc2)s1. The summed E-state index contributed by atoms with van der Waals surface area (Å²) in [7, 11) is 1.68. The van der Waals surface area contributed by atoms with E-state index in [0.717, 1.165) is 10.6 Å². The number of carbonyl (C=O) groups is 1. The van der Waals surface area contributed by atoms with Gasteiger partial charge in [0.05, 0.1) is 6.10 Å². The molecule has 1 unspecified atom stereocenters. The number of amides is 2. The van der Waals surface area contributed by atoms with Gasteiger partial charge in [0.25, 0.3) is 0 Å². The fraction of sp³-hybridized carbons (Fsp3) is 0.417. The summed E-state index contributed by atoms with van der Waals surface area (Å²) in [4.78, 5) is 13.4. The summed E-state index contributed by atoms with van der Waals surface area (Å²) >= 11 is 2.93. The Bertz CT molecular complexity index is 554. The molecule has 2 rings (SSSR count). The molecule has 0 fully saturated rings. The van der Waals surface area contributed by atoms with Crippen molar-refractivity contribution in [3.05, 3.63) is 16.8 Å². The van der Waals surface area contributed by atoms with Gasteiger partial charge in [-0.1, -0.05) is 11.3 Å². The highest BCUT2D eigenvalue weighted by Crippen LogP contribution is 2.27. The summed E-state index contributed by atoms with van der Waals surface area (Å²) in [5.41, 5.74) is 1.01. The number of carbonyl (C=O) groups excluding carboxylic acids is 1. The second kappa shape index (κ2) is 6.78. The first-order valence-electron chi connectivity index (χ1n) is 6.12. The van der Waals surface area contributed by atoms with Crippen LogP contribution >= 0.6 is 22.7 Å². The lowest BCUT2D eigenvalue weighted by atomic mass is 10.3. The first-order valence-corrected chi connectivity index (χ1v) is 7.88. The molecule has 0 saturated carbocycles. The van der Waals surface area contributed by atoms with E-state index in [1.165, 1.54) is 16.2 Å². The highest BCUT2D eigenvalue weighted by atomic mass is 32.1. The van der Waals surface area contributed by atoms with Crippen molar-refractivity contribution in [1.82, 2.24) is 15.1 Å². The number of aliphatic hydroxyl groups excluding tert-OH is 1. The molecule has 0 radical (unpaired) electrons. The maximum atomic E-state index is 11.9. The predicted molar refractivity (Wildman–Crippen MR) is 81.2 cm³/mol. The van der Waals surface area contributed by atoms with Gasteiger partial charge < -0.3 is 10.0 Å². The van der Waals surface area contributed by atoms with Crippen LogP contribution in [0.2, 0.25) is 0 Å². The standard InChI is InChI=1S/C12H16N4O2S2/c1-8(17)3-5-16(2)12(18)13-11-15-14-10(20-11)9-4-6-19-7-9/h4,6-8,17H,3,5H2,1-2H3,(H,13,15,18). The Morgan fingerprint density at radius 2 is 2.35 bits per heavy atom. The average molecular weight is 312 g/mol. The number of aliphatic hydroxyl groups is 1. The molecular weight excluding hydrogens is 296 g/mol. The summed E-state index contributed by atoms with van der Waals surface area (Å²) in [6.45, 7) is 2.18. The Balaban J connectivity index is 1.91. The molecule has 0 spiro atoms. The molecule has 0 bridgehead atoms. The number of urea groups is 1. The highest BCUT2D eigenvalue weighted by Gasteiger charge is 2.13. The first kappa shape index (κ1) is 14.9. The molecule has 0 aliphatic heterocycles. The lowest BCUT2D eigenvalue weighted by molar-refractivity contribution is 0.167. The molecule has 6 nitrogen and oxygen atoms in total. The summed E-state index contributed by atoms with van der Waals surface area (Å²) < 4.78 is 0. The minimum absolute atomic E-state index is 0.251. The number of hydrogen-bond donors (Lipinski definition) is 2. The molecule has 0 aliphatic carbocycles. The van der Waals surface area contributed by atoms with Crippen molar-refractivity contribution in [2.45, 2.75) is 19.4 Å². The van der Waals surface area contributed by atoms with Crippen molar-refractivity contribution in [3.63, 3.8) is 0 Å². The van der Waals surface area contributed by atoms with Crippen LogP contribution < -0.4 is 5.32 Å². The van der Waals surface area contributed by atoms with E-state index in [0.29, 0.717) is 18.1 Å². The molecule has 2 aromatic heterocycles. The zero-order chi connectivity index (χ0) is 14.5. The smallest absolute Gasteiger partial charge is 0.323 e. The highest BCUT2D eigenvalue weighted by molar-refractivity contribution is 7.19. The van der Waals surface area contributed by atoms with Gasteiger partial charge in [0.2, 0.25) is 5.13 Å². The van der Waals surface area contributed by atoms with Gasteiger partial charge in [-0.05, 0) is 24.8 Å². The molecule has 0 aromatic carbocycles. The molecule has 2 amide bonds. The van der Waals surface area contributed by atoms with Crippen LogP contribution in [-0.4, -0.2) is 45.9 Å². The Labute approximate surface area is 125 Å². The predicted octanol–water partition coefficient (Wildman–Crippen LogP) is 2.50. The van der Waals surface area contributed by atoms with E-state index >= 15 is 0 Å². The van der Waals surface area contributed by atoms with E-state index in [2.05, 4.69) is 15.5 Å². The van der Waals surface area contributed by atoms with Crippen LogP contribution in [0.5, 0.6) is 0 Å². The molecule has 8 heteroatoms.